The normalized spacial score (nSPS) is 13.8. The fraction of sp³-hybridized carbons (Fsp3) is 0.353. The molecule has 0 bridgehead atoms. The lowest BCUT2D eigenvalue weighted by Crippen LogP contribution is -2.25. The molecule has 24 heavy (non-hydrogen) atoms. The lowest BCUT2D eigenvalue weighted by atomic mass is 10.2. The Morgan fingerprint density at radius 3 is 2.83 bits per heavy atom. The number of amides is 1. The third-order valence-electron chi connectivity index (χ3n) is 3.93. The average molecular weight is 330 g/mol. The first-order valence-corrected chi connectivity index (χ1v) is 7.86. The van der Waals surface area contributed by atoms with E-state index in [9.17, 15) is 9.18 Å². The minimum Gasteiger partial charge on any atom is -0.494 e. The van der Waals surface area contributed by atoms with E-state index in [0.29, 0.717) is 11.6 Å². The predicted octanol–water partition coefficient (Wildman–Crippen LogP) is 2.15. The van der Waals surface area contributed by atoms with E-state index in [1.165, 1.54) is 19.2 Å². The van der Waals surface area contributed by atoms with E-state index in [-0.39, 0.29) is 23.8 Å². The quantitative estimate of drug-likeness (QED) is 0.910. The summed E-state index contributed by atoms with van der Waals surface area (Å²) < 4.78 is 18.5. The lowest BCUT2D eigenvalue weighted by Gasteiger charge is -2.15. The van der Waals surface area contributed by atoms with Crippen molar-refractivity contribution in [1.29, 1.82) is 0 Å². The van der Waals surface area contributed by atoms with Crippen molar-refractivity contribution in [2.24, 2.45) is 0 Å². The maximum atomic E-state index is 13.7. The van der Waals surface area contributed by atoms with Crippen molar-refractivity contribution in [2.45, 2.75) is 19.4 Å². The number of carbonyl (C=O) groups excluding carboxylic acids is 1. The minimum absolute atomic E-state index is 0.109. The van der Waals surface area contributed by atoms with Crippen LogP contribution in [-0.4, -0.2) is 36.1 Å². The van der Waals surface area contributed by atoms with E-state index in [1.54, 1.807) is 12.3 Å². The van der Waals surface area contributed by atoms with Gasteiger partial charge in [-0.3, -0.25) is 4.79 Å². The van der Waals surface area contributed by atoms with E-state index >= 15 is 0 Å². The van der Waals surface area contributed by atoms with E-state index in [1.807, 2.05) is 0 Å². The highest BCUT2D eigenvalue weighted by molar-refractivity contribution is 5.94. The molecule has 1 N–H and O–H groups in total. The summed E-state index contributed by atoms with van der Waals surface area (Å²) in [5, 5.41) is 2.74. The molecule has 1 fully saturated rings. The predicted molar refractivity (Wildman–Crippen MR) is 87.6 cm³/mol. The van der Waals surface area contributed by atoms with Crippen LogP contribution in [0.4, 0.5) is 10.3 Å². The number of anilines is 1. The van der Waals surface area contributed by atoms with Crippen LogP contribution in [0.2, 0.25) is 0 Å². The van der Waals surface area contributed by atoms with Gasteiger partial charge in [0.15, 0.2) is 11.6 Å². The van der Waals surface area contributed by atoms with E-state index in [0.717, 1.165) is 32.0 Å². The Bertz CT molecular complexity index is 732. The van der Waals surface area contributed by atoms with Crippen LogP contribution in [0.1, 0.15) is 28.9 Å². The van der Waals surface area contributed by atoms with E-state index in [4.69, 9.17) is 4.74 Å². The molecule has 1 aromatic carbocycles. The summed E-state index contributed by atoms with van der Waals surface area (Å²) in [5.41, 5.74) is 0.955. The maximum Gasteiger partial charge on any atom is 0.251 e. The van der Waals surface area contributed by atoms with Gasteiger partial charge in [-0.15, -0.1) is 0 Å². The van der Waals surface area contributed by atoms with Gasteiger partial charge in [0.1, 0.15) is 0 Å². The summed E-state index contributed by atoms with van der Waals surface area (Å²) in [4.78, 5) is 23.0. The highest BCUT2D eigenvalue weighted by Gasteiger charge is 2.15. The molecule has 0 spiro atoms. The zero-order valence-electron chi connectivity index (χ0n) is 13.5. The van der Waals surface area contributed by atoms with Crippen LogP contribution in [-0.2, 0) is 6.54 Å². The zero-order valence-corrected chi connectivity index (χ0v) is 13.5. The van der Waals surface area contributed by atoms with Gasteiger partial charge >= 0.3 is 0 Å². The monoisotopic (exact) mass is 330 g/mol. The summed E-state index contributed by atoms with van der Waals surface area (Å²) in [6.07, 6.45) is 3.98. The van der Waals surface area contributed by atoms with Crippen LogP contribution in [0.25, 0.3) is 0 Å². The number of carbonyl (C=O) groups is 1. The van der Waals surface area contributed by atoms with Crippen molar-refractivity contribution in [3.8, 4) is 5.75 Å². The van der Waals surface area contributed by atoms with E-state index in [2.05, 4.69) is 20.2 Å². The summed E-state index contributed by atoms with van der Waals surface area (Å²) in [7, 11) is 1.38. The molecule has 0 atom stereocenters. The highest BCUT2D eigenvalue weighted by atomic mass is 19.1. The minimum atomic E-state index is -0.566. The molecular formula is C17H19FN4O2. The Morgan fingerprint density at radius 2 is 2.12 bits per heavy atom. The number of hydrogen-bond acceptors (Lipinski definition) is 5. The van der Waals surface area contributed by atoms with Crippen molar-refractivity contribution in [3.63, 3.8) is 0 Å². The molecule has 0 radical (unpaired) electrons. The van der Waals surface area contributed by atoms with Crippen molar-refractivity contribution < 1.29 is 13.9 Å². The van der Waals surface area contributed by atoms with Gasteiger partial charge in [0.05, 0.1) is 19.3 Å². The fourth-order valence-corrected chi connectivity index (χ4v) is 2.63. The highest BCUT2D eigenvalue weighted by Crippen LogP contribution is 2.18. The molecule has 0 saturated carbocycles. The van der Waals surface area contributed by atoms with Gasteiger partial charge in [-0.2, -0.15) is 0 Å². The van der Waals surface area contributed by atoms with Gasteiger partial charge in [-0.1, -0.05) is 0 Å². The summed E-state index contributed by atoms with van der Waals surface area (Å²) in [5.74, 6) is -0.131. The first kappa shape index (κ1) is 16.2. The number of benzene rings is 1. The van der Waals surface area contributed by atoms with Crippen LogP contribution < -0.4 is 15.0 Å². The smallest absolute Gasteiger partial charge is 0.251 e. The molecule has 126 valence electrons. The molecular weight excluding hydrogens is 311 g/mol. The first-order valence-electron chi connectivity index (χ1n) is 7.86. The van der Waals surface area contributed by atoms with E-state index < -0.39 is 5.82 Å². The molecule has 0 unspecified atom stereocenters. The third-order valence-corrected chi connectivity index (χ3v) is 3.93. The van der Waals surface area contributed by atoms with Gasteiger partial charge in [-0.05, 0) is 37.1 Å². The third kappa shape index (κ3) is 3.61. The summed E-state index contributed by atoms with van der Waals surface area (Å²) in [6.45, 7) is 2.18. The van der Waals surface area contributed by atoms with Gasteiger partial charge in [0.25, 0.3) is 5.91 Å². The Balaban J connectivity index is 1.63. The Hall–Kier alpha value is -2.70. The van der Waals surface area contributed by atoms with Crippen LogP contribution in [0.15, 0.2) is 30.5 Å². The summed E-state index contributed by atoms with van der Waals surface area (Å²) in [6, 6.07) is 5.87. The number of hydrogen-bond donors (Lipinski definition) is 1. The molecule has 7 heteroatoms. The number of nitrogens with zero attached hydrogens (tertiary/aromatic N) is 3. The molecule has 1 saturated heterocycles. The standard InChI is InChI=1S/C17H19FN4O2/c1-24-15-5-4-12(10-14(15)18)16(23)20-11-13-6-7-19-17(21-13)22-8-2-3-9-22/h4-7,10H,2-3,8-9,11H2,1H3,(H,20,23). The second-order valence-corrected chi connectivity index (χ2v) is 5.57. The molecule has 1 amide bonds. The Kier molecular flexibility index (Phi) is 4.88. The molecule has 0 aliphatic carbocycles. The molecule has 1 aliphatic heterocycles. The summed E-state index contributed by atoms with van der Waals surface area (Å²) >= 11 is 0. The number of ether oxygens (including phenoxy) is 1. The molecule has 1 aliphatic rings. The molecule has 1 aromatic heterocycles. The van der Waals surface area contributed by atoms with Crippen LogP contribution in [0.5, 0.6) is 5.75 Å². The second-order valence-electron chi connectivity index (χ2n) is 5.57. The topological polar surface area (TPSA) is 67.3 Å². The van der Waals surface area contributed by atoms with Crippen LogP contribution >= 0.6 is 0 Å². The Morgan fingerprint density at radius 1 is 1.33 bits per heavy atom. The van der Waals surface area contributed by atoms with Gasteiger partial charge in [0.2, 0.25) is 5.95 Å². The lowest BCUT2D eigenvalue weighted by molar-refractivity contribution is 0.0950. The molecule has 6 nitrogen and oxygen atoms in total. The van der Waals surface area contributed by atoms with Crippen molar-refractivity contribution >= 4 is 11.9 Å². The number of methoxy groups -OCH3 is 1. The first-order chi connectivity index (χ1) is 11.7. The van der Waals surface area contributed by atoms with Crippen molar-refractivity contribution in [3.05, 3.63) is 47.5 Å². The number of aromatic nitrogens is 2. The number of halogens is 1. The van der Waals surface area contributed by atoms with Gasteiger partial charge in [0, 0.05) is 24.8 Å². The zero-order chi connectivity index (χ0) is 16.9. The van der Waals surface area contributed by atoms with Crippen molar-refractivity contribution in [2.75, 3.05) is 25.1 Å². The SMILES string of the molecule is COc1ccc(C(=O)NCc2ccnc(N3CCCC3)n2)cc1F. The average Bonchev–Trinajstić information content (AvgIpc) is 3.14. The number of rotatable bonds is 5. The van der Waals surface area contributed by atoms with Crippen LogP contribution in [0, 0.1) is 5.82 Å². The van der Waals surface area contributed by atoms with Gasteiger partial charge in [-0.25, -0.2) is 14.4 Å². The van der Waals surface area contributed by atoms with Crippen LogP contribution in [0.3, 0.4) is 0 Å². The largest absolute Gasteiger partial charge is 0.494 e. The molecule has 3 rings (SSSR count). The van der Waals surface area contributed by atoms with Crippen molar-refractivity contribution in [1.82, 2.24) is 15.3 Å². The van der Waals surface area contributed by atoms with Gasteiger partial charge < -0.3 is 15.0 Å². The molecule has 2 aromatic rings. The number of nitrogens with one attached hydrogen (secondary N) is 1. The Labute approximate surface area is 139 Å². The second kappa shape index (κ2) is 7.25. The molecule has 2 heterocycles. The maximum absolute atomic E-state index is 13.7. The fourth-order valence-electron chi connectivity index (χ4n) is 2.63.